The summed E-state index contributed by atoms with van der Waals surface area (Å²) in [6.07, 6.45) is 3.81. The highest BCUT2D eigenvalue weighted by molar-refractivity contribution is 5.95. The van der Waals surface area contributed by atoms with Crippen molar-refractivity contribution in [2.24, 2.45) is 0 Å². The second-order valence-electron chi connectivity index (χ2n) is 4.42. The SMILES string of the molecule is O=C(c1cnoc1C1CC1)N1CCNCC1. The van der Waals surface area contributed by atoms with Crippen LogP contribution in [0.1, 0.15) is 34.9 Å². The summed E-state index contributed by atoms with van der Waals surface area (Å²) in [6, 6.07) is 0. The Hall–Kier alpha value is -1.36. The van der Waals surface area contributed by atoms with Crippen molar-refractivity contribution in [3.63, 3.8) is 0 Å². The molecule has 0 bridgehead atoms. The van der Waals surface area contributed by atoms with Gasteiger partial charge < -0.3 is 14.7 Å². The summed E-state index contributed by atoms with van der Waals surface area (Å²) in [6.45, 7) is 3.29. The molecule has 0 radical (unpaired) electrons. The lowest BCUT2D eigenvalue weighted by atomic mass is 10.1. The van der Waals surface area contributed by atoms with E-state index in [0.29, 0.717) is 11.5 Å². The second-order valence-corrected chi connectivity index (χ2v) is 4.42. The summed E-state index contributed by atoms with van der Waals surface area (Å²) in [4.78, 5) is 14.1. The summed E-state index contributed by atoms with van der Waals surface area (Å²) in [5.41, 5.74) is 0.671. The minimum atomic E-state index is 0.0738. The van der Waals surface area contributed by atoms with E-state index in [9.17, 15) is 4.79 Å². The van der Waals surface area contributed by atoms with Crippen LogP contribution >= 0.6 is 0 Å². The molecule has 1 N–H and O–H groups in total. The summed E-state index contributed by atoms with van der Waals surface area (Å²) in [7, 11) is 0. The smallest absolute Gasteiger partial charge is 0.259 e. The normalized spacial score (nSPS) is 21.1. The summed E-state index contributed by atoms with van der Waals surface area (Å²) in [5.74, 6) is 1.30. The van der Waals surface area contributed by atoms with Gasteiger partial charge in [-0.1, -0.05) is 5.16 Å². The molecule has 0 aromatic carbocycles. The lowest BCUT2D eigenvalue weighted by molar-refractivity contribution is 0.0733. The van der Waals surface area contributed by atoms with Crippen molar-refractivity contribution in [1.29, 1.82) is 0 Å². The molecule has 86 valence electrons. The van der Waals surface area contributed by atoms with E-state index in [2.05, 4.69) is 10.5 Å². The van der Waals surface area contributed by atoms with E-state index in [0.717, 1.165) is 44.8 Å². The van der Waals surface area contributed by atoms with E-state index >= 15 is 0 Å². The van der Waals surface area contributed by atoms with Gasteiger partial charge in [-0.3, -0.25) is 4.79 Å². The minimum absolute atomic E-state index is 0.0738. The molecular formula is C11H15N3O2. The van der Waals surface area contributed by atoms with Crippen LogP contribution in [0.5, 0.6) is 0 Å². The predicted octanol–water partition coefficient (Wildman–Crippen LogP) is 0.597. The lowest BCUT2D eigenvalue weighted by Gasteiger charge is -2.27. The number of hydrogen-bond donors (Lipinski definition) is 1. The van der Waals surface area contributed by atoms with Crippen LogP contribution in [0.4, 0.5) is 0 Å². The summed E-state index contributed by atoms with van der Waals surface area (Å²) in [5, 5.41) is 6.99. The topological polar surface area (TPSA) is 58.4 Å². The Morgan fingerprint density at radius 3 is 2.88 bits per heavy atom. The van der Waals surface area contributed by atoms with Crippen LogP contribution in [0.25, 0.3) is 0 Å². The molecule has 1 amide bonds. The first-order chi connectivity index (χ1) is 7.86. The molecule has 5 nitrogen and oxygen atoms in total. The van der Waals surface area contributed by atoms with E-state index in [1.807, 2.05) is 4.90 Å². The fraction of sp³-hybridized carbons (Fsp3) is 0.636. The predicted molar refractivity (Wildman–Crippen MR) is 57.3 cm³/mol. The molecule has 1 aromatic rings. The Bertz CT molecular complexity index is 392. The first-order valence-electron chi connectivity index (χ1n) is 5.81. The van der Waals surface area contributed by atoms with E-state index in [4.69, 9.17) is 4.52 Å². The zero-order chi connectivity index (χ0) is 11.0. The van der Waals surface area contributed by atoms with Gasteiger partial charge in [-0.15, -0.1) is 0 Å². The number of carbonyl (C=O) groups is 1. The van der Waals surface area contributed by atoms with E-state index in [1.54, 1.807) is 6.20 Å². The molecule has 3 rings (SSSR count). The molecule has 16 heavy (non-hydrogen) atoms. The first kappa shape index (κ1) is 9.84. The fourth-order valence-electron chi connectivity index (χ4n) is 2.09. The summed E-state index contributed by atoms with van der Waals surface area (Å²) >= 11 is 0. The zero-order valence-electron chi connectivity index (χ0n) is 9.11. The number of piperazine rings is 1. The fourth-order valence-corrected chi connectivity index (χ4v) is 2.09. The molecule has 2 fully saturated rings. The number of carbonyl (C=O) groups excluding carboxylic acids is 1. The Morgan fingerprint density at radius 2 is 2.19 bits per heavy atom. The van der Waals surface area contributed by atoms with Crippen molar-refractivity contribution in [2.75, 3.05) is 26.2 Å². The average molecular weight is 221 g/mol. The Morgan fingerprint density at radius 1 is 1.44 bits per heavy atom. The van der Waals surface area contributed by atoms with Gasteiger partial charge >= 0.3 is 0 Å². The van der Waals surface area contributed by atoms with Crippen LogP contribution in [-0.4, -0.2) is 42.1 Å². The lowest BCUT2D eigenvalue weighted by Crippen LogP contribution is -2.46. The average Bonchev–Trinajstić information content (AvgIpc) is 3.07. The third-order valence-corrected chi connectivity index (χ3v) is 3.18. The number of aromatic nitrogens is 1. The van der Waals surface area contributed by atoms with Crippen LogP contribution in [0.2, 0.25) is 0 Å². The monoisotopic (exact) mass is 221 g/mol. The molecule has 2 heterocycles. The largest absolute Gasteiger partial charge is 0.360 e. The molecule has 0 atom stereocenters. The highest BCUT2D eigenvalue weighted by atomic mass is 16.5. The number of hydrogen-bond acceptors (Lipinski definition) is 4. The molecule has 2 aliphatic rings. The van der Waals surface area contributed by atoms with Gasteiger partial charge in [0.05, 0.1) is 6.20 Å². The molecule has 1 aromatic heterocycles. The molecule has 1 saturated heterocycles. The molecule has 1 saturated carbocycles. The van der Waals surface area contributed by atoms with Crippen LogP contribution < -0.4 is 5.32 Å². The van der Waals surface area contributed by atoms with Gasteiger partial charge in [0.1, 0.15) is 5.56 Å². The minimum Gasteiger partial charge on any atom is -0.360 e. The van der Waals surface area contributed by atoms with Gasteiger partial charge in [0.2, 0.25) is 0 Å². The van der Waals surface area contributed by atoms with Crippen LogP contribution in [0, 0.1) is 0 Å². The van der Waals surface area contributed by atoms with Crippen molar-refractivity contribution in [3.05, 3.63) is 17.5 Å². The quantitative estimate of drug-likeness (QED) is 0.794. The van der Waals surface area contributed by atoms with Gasteiger partial charge in [-0.2, -0.15) is 0 Å². The molecule has 0 spiro atoms. The van der Waals surface area contributed by atoms with E-state index in [1.165, 1.54) is 0 Å². The van der Waals surface area contributed by atoms with Crippen LogP contribution in [0.15, 0.2) is 10.7 Å². The third kappa shape index (κ3) is 1.71. The zero-order valence-corrected chi connectivity index (χ0v) is 9.11. The Balaban J connectivity index is 1.79. The van der Waals surface area contributed by atoms with Crippen molar-refractivity contribution in [3.8, 4) is 0 Å². The van der Waals surface area contributed by atoms with Gasteiger partial charge in [-0.25, -0.2) is 0 Å². The Labute approximate surface area is 93.8 Å². The van der Waals surface area contributed by atoms with Gasteiger partial charge in [0.25, 0.3) is 5.91 Å². The highest BCUT2D eigenvalue weighted by Crippen LogP contribution is 2.41. The maximum absolute atomic E-state index is 12.2. The van der Waals surface area contributed by atoms with Crippen molar-refractivity contribution in [1.82, 2.24) is 15.4 Å². The number of amides is 1. The first-order valence-corrected chi connectivity index (χ1v) is 5.81. The molecular weight excluding hydrogens is 206 g/mol. The standard InChI is InChI=1S/C11H15N3O2/c15-11(14-5-3-12-4-6-14)9-7-13-16-10(9)8-1-2-8/h7-8,12H,1-6H2. The van der Waals surface area contributed by atoms with Crippen molar-refractivity contribution < 1.29 is 9.32 Å². The molecule has 5 heteroatoms. The molecule has 0 unspecified atom stereocenters. The van der Waals surface area contributed by atoms with Gasteiger partial charge in [0, 0.05) is 32.1 Å². The van der Waals surface area contributed by atoms with Gasteiger partial charge in [-0.05, 0) is 12.8 Å². The Kier molecular flexibility index (Phi) is 2.40. The number of rotatable bonds is 2. The summed E-state index contributed by atoms with van der Waals surface area (Å²) < 4.78 is 5.19. The van der Waals surface area contributed by atoms with Crippen LogP contribution in [-0.2, 0) is 0 Å². The van der Waals surface area contributed by atoms with Crippen molar-refractivity contribution >= 4 is 5.91 Å². The maximum Gasteiger partial charge on any atom is 0.259 e. The number of nitrogens with zero attached hydrogens (tertiary/aromatic N) is 2. The molecule has 1 aliphatic carbocycles. The number of nitrogens with one attached hydrogen (secondary N) is 1. The maximum atomic E-state index is 12.2. The third-order valence-electron chi connectivity index (χ3n) is 3.18. The van der Waals surface area contributed by atoms with Gasteiger partial charge in [0.15, 0.2) is 5.76 Å². The van der Waals surface area contributed by atoms with Crippen LogP contribution in [0.3, 0.4) is 0 Å². The highest BCUT2D eigenvalue weighted by Gasteiger charge is 2.33. The second kappa shape index (κ2) is 3.90. The van der Waals surface area contributed by atoms with E-state index in [-0.39, 0.29) is 5.91 Å². The van der Waals surface area contributed by atoms with E-state index < -0.39 is 0 Å². The van der Waals surface area contributed by atoms with Crippen molar-refractivity contribution in [2.45, 2.75) is 18.8 Å². The molecule has 1 aliphatic heterocycles.